The maximum absolute atomic E-state index is 13.2. The van der Waals surface area contributed by atoms with Crippen LogP contribution in [0.3, 0.4) is 0 Å². The van der Waals surface area contributed by atoms with Gasteiger partial charge in [0.05, 0.1) is 17.1 Å². The standard InChI is InChI=1S/C28H38N4O6S/c1-6-7-8-13-27(35)31-39(37,38)26-12-10-9-11-23(26)30-28(36)22-14-15-25(24(18-22)29-20(4)33)32(21(5)34)17-16-19(2)3/h9-12,14-15,18-19H,6-8,13,16-17H2,1-5H3,(H,29,33)(H,30,36)(H,31,35). The van der Waals surface area contributed by atoms with Gasteiger partial charge in [-0.2, -0.15) is 0 Å². The van der Waals surface area contributed by atoms with Crippen molar-refractivity contribution >= 4 is 50.7 Å². The summed E-state index contributed by atoms with van der Waals surface area (Å²) < 4.78 is 27.9. The van der Waals surface area contributed by atoms with Gasteiger partial charge in [-0.15, -0.1) is 0 Å². The fraction of sp³-hybridized carbons (Fsp3) is 0.429. The molecule has 2 aromatic carbocycles. The van der Waals surface area contributed by atoms with E-state index in [1.807, 2.05) is 20.8 Å². The molecule has 2 aromatic rings. The van der Waals surface area contributed by atoms with Crippen LogP contribution in [0.5, 0.6) is 0 Å². The van der Waals surface area contributed by atoms with E-state index in [1.54, 1.807) is 12.1 Å². The second-order valence-corrected chi connectivity index (χ2v) is 11.4. The summed E-state index contributed by atoms with van der Waals surface area (Å²) in [5, 5.41) is 5.27. The zero-order valence-electron chi connectivity index (χ0n) is 23.2. The minimum absolute atomic E-state index is 0.0104. The van der Waals surface area contributed by atoms with Gasteiger partial charge in [-0.1, -0.05) is 45.7 Å². The van der Waals surface area contributed by atoms with E-state index in [0.29, 0.717) is 24.6 Å². The van der Waals surface area contributed by atoms with Crippen LogP contribution in [0, 0.1) is 5.92 Å². The first-order chi connectivity index (χ1) is 18.4. The first kappa shape index (κ1) is 31.5. The van der Waals surface area contributed by atoms with E-state index >= 15 is 0 Å². The van der Waals surface area contributed by atoms with Gasteiger partial charge in [0.25, 0.3) is 15.9 Å². The lowest BCUT2D eigenvalue weighted by Crippen LogP contribution is -2.31. The highest BCUT2D eigenvalue weighted by atomic mass is 32.2. The molecular weight excluding hydrogens is 520 g/mol. The number of rotatable bonds is 13. The molecular formula is C28H38N4O6S. The maximum atomic E-state index is 13.2. The van der Waals surface area contributed by atoms with E-state index in [4.69, 9.17) is 0 Å². The van der Waals surface area contributed by atoms with E-state index in [1.165, 1.54) is 49.1 Å². The predicted octanol–water partition coefficient (Wildman–Crippen LogP) is 4.68. The predicted molar refractivity (Wildman–Crippen MR) is 152 cm³/mol. The molecule has 3 N–H and O–H groups in total. The lowest BCUT2D eigenvalue weighted by Gasteiger charge is -2.25. The molecule has 0 bridgehead atoms. The maximum Gasteiger partial charge on any atom is 0.266 e. The van der Waals surface area contributed by atoms with Gasteiger partial charge in [-0.3, -0.25) is 19.2 Å². The van der Waals surface area contributed by atoms with E-state index in [0.717, 1.165) is 19.3 Å². The molecule has 0 aliphatic carbocycles. The number of unbranched alkanes of at least 4 members (excludes halogenated alkanes) is 2. The highest BCUT2D eigenvalue weighted by Gasteiger charge is 2.23. The zero-order valence-corrected chi connectivity index (χ0v) is 24.0. The Kier molecular flexibility index (Phi) is 11.7. The van der Waals surface area contributed by atoms with Crippen LogP contribution in [-0.4, -0.2) is 38.6 Å². The quantitative estimate of drug-likeness (QED) is 0.305. The number of hydrogen-bond acceptors (Lipinski definition) is 6. The Labute approximate surface area is 230 Å². The Morgan fingerprint density at radius 1 is 0.923 bits per heavy atom. The Bertz CT molecular complexity index is 1310. The molecule has 0 heterocycles. The van der Waals surface area contributed by atoms with Gasteiger partial charge in [0.1, 0.15) is 4.90 Å². The Morgan fingerprint density at radius 3 is 2.23 bits per heavy atom. The molecule has 2 rings (SSSR count). The Morgan fingerprint density at radius 2 is 1.62 bits per heavy atom. The minimum Gasteiger partial charge on any atom is -0.325 e. The van der Waals surface area contributed by atoms with Crippen molar-refractivity contribution < 1.29 is 27.6 Å². The van der Waals surface area contributed by atoms with Gasteiger partial charge >= 0.3 is 0 Å². The van der Waals surface area contributed by atoms with Gasteiger partial charge in [0.2, 0.25) is 17.7 Å². The van der Waals surface area contributed by atoms with Crippen LogP contribution < -0.4 is 20.3 Å². The first-order valence-electron chi connectivity index (χ1n) is 13.0. The fourth-order valence-electron chi connectivity index (χ4n) is 3.83. The van der Waals surface area contributed by atoms with E-state index < -0.39 is 21.8 Å². The van der Waals surface area contributed by atoms with Gasteiger partial charge in [-0.05, 0) is 49.1 Å². The molecule has 212 valence electrons. The lowest BCUT2D eigenvalue weighted by atomic mass is 10.1. The van der Waals surface area contributed by atoms with Crippen molar-refractivity contribution in [3.63, 3.8) is 0 Å². The van der Waals surface area contributed by atoms with Crippen molar-refractivity contribution in [2.24, 2.45) is 5.92 Å². The molecule has 0 radical (unpaired) electrons. The van der Waals surface area contributed by atoms with Crippen molar-refractivity contribution in [1.29, 1.82) is 0 Å². The Hall–Kier alpha value is -3.73. The molecule has 0 aliphatic heterocycles. The molecule has 0 saturated heterocycles. The summed E-state index contributed by atoms with van der Waals surface area (Å²) in [4.78, 5) is 50.9. The average molecular weight is 559 g/mol. The van der Waals surface area contributed by atoms with Crippen LogP contribution in [-0.2, 0) is 24.4 Å². The fourth-order valence-corrected chi connectivity index (χ4v) is 5.01. The molecule has 0 aromatic heterocycles. The molecule has 39 heavy (non-hydrogen) atoms. The van der Waals surface area contributed by atoms with Gasteiger partial charge < -0.3 is 15.5 Å². The molecule has 4 amide bonds. The van der Waals surface area contributed by atoms with Gasteiger partial charge in [0.15, 0.2) is 0 Å². The summed E-state index contributed by atoms with van der Waals surface area (Å²) >= 11 is 0. The summed E-state index contributed by atoms with van der Waals surface area (Å²) in [6, 6.07) is 10.3. The molecule has 0 saturated carbocycles. The molecule has 0 fully saturated rings. The summed E-state index contributed by atoms with van der Waals surface area (Å²) in [7, 11) is -4.24. The molecule has 11 heteroatoms. The summed E-state index contributed by atoms with van der Waals surface area (Å²) in [6.07, 6.45) is 3.09. The van der Waals surface area contributed by atoms with Crippen LogP contribution in [0.4, 0.5) is 17.1 Å². The number of para-hydroxylation sites is 1. The monoisotopic (exact) mass is 558 g/mol. The Balaban J connectivity index is 2.35. The minimum atomic E-state index is -4.24. The highest BCUT2D eigenvalue weighted by Crippen LogP contribution is 2.29. The van der Waals surface area contributed by atoms with Crippen molar-refractivity contribution in [1.82, 2.24) is 4.72 Å². The third-order valence-corrected chi connectivity index (χ3v) is 7.28. The normalized spacial score (nSPS) is 11.1. The summed E-state index contributed by atoms with van der Waals surface area (Å²) in [6.45, 7) is 9.23. The SMILES string of the molecule is CCCCCC(=O)NS(=O)(=O)c1ccccc1NC(=O)c1ccc(N(CCC(C)C)C(C)=O)c(NC(C)=O)c1. The van der Waals surface area contributed by atoms with Crippen molar-refractivity contribution in [3.05, 3.63) is 48.0 Å². The van der Waals surface area contributed by atoms with Gasteiger partial charge in [-0.25, -0.2) is 13.1 Å². The van der Waals surface area contributed by atoms with Crippen molar-refractivity contribution in [2.45, 2.75) is 71.6 Å². The number of amides is 4. The number of carbonyl (C=O) groups is 4. The lowest BCUT2D eigenvalue weighted by molar-refractivity contribution is -0.119. The van der Waals surface area contributed by atoms with Crippen LogP contribution in [0.1, 0.15) is 77.1 Å². The smallest absolute Gasteiger partial charge is 0.266 e. The third kappa shape index (κ3) is 9.51. The summed E-state index contributed by atoms with van der Waals surface area (Å²) in [5.41, 5.74) is 0.840. The molecule has 0 aliphatic rings. The largest absolute Gasteiger partial charge is 0.325 e. The molecule has 0 spiro atoms. The number of benzene rings is 2. The van der Waals surface area contributed by atoms with Gasteiger partial charge in [0, 0.05) is 32.4 Å². The molecule has 0 unspecified atom stereocenters. The molecule has 10 nitrogen and oxygen atoms in total. The second-order valence-electron chi connectivity index (χ2n) is 9.70. The zero-order chi connectivity index (χ0) is 29.2. The van der Waals surface area contributed by atoms with Crippen molar-refractivity contribution in [2.75, 3.05) is 22.1 Å². The third-order valence-electron chi connectivity index (χ3n) is 5.85. The first-order valence-corrected chi connectivity index (χ1v) is 14.5. The molecule has 0 atom stereocenters. The number of anilines is 3. The highest BCUT2D eigenvalue weighted by molar-refractivity contribution is 7.90. The number of nitrogens with zero attached hydrogens (tertiary/aromatic N) is 1. The van der Waals surface area contributed by atoms with E-state index in [2.05, 4.69) is 15.4 Å². The van der Waals surface area contributed by atoms with Crippen molar-refractivity contribution in [3.8, 4) is 0 Å². The average Bonchev–Trinajstić information content (AvgIpc) is 2.84. The van der Waals surface area contributed by atoms with Crippen LogP contribution in [0.2, 0.25) is 0 Å². The van der Waals surface area contributed by atoms with Crippen LogP contribution in [0.15, 0.2) is 47.4 Å². The number of hydrogen-bond donors (Lipinski definition) is 3. The van der Waals surface area contributed by atoms with Crippen LogP contribution >= 0.6 is 0 Å². The number of nitrogens with one attached hydrogen (secondary N) is 3. The number of carbonyl (C=O) groups excluding carboxylic acids is 4. The topological polar surface area (TPSA) is 142 Å². The second kappa shape index (κ2) is 14.4. The summed E-state index contributed by atoms with van der Waals surface area (Å²) in [5.74, 6) is -1.50. The van der Waals surface area contributed by atoms with Crippen LogP contribution in [0.25, 0.3) is 0 Å². The number of sulfonamides is 1. The van der Waals surface area contributed by atoms with E-state index in [9.17, 15) is 27.6 Å². The van der Waals surface area contributed by atoms with E-state index in [-0.39, 0.29) is 40.1 Å².